The first-order valence-corrected chi connectivity index (χ1v) is 6.67. The Morgan fingerprint density at radius 3 is 2.44 bits per heavy atom. The van der Waals surface area contributed by atoms with Crippen LogP contribution in [0.25, 0.3) is 5.65 Å². The summed E-state index contributed by atoms with van der Waals surface area (Å²) in [7, 11) is -3.38. The third-order valence-electron chi connectivity index (χ3n) is 2.05. The van der Waals surface area contributed by atoms with E-state index in [1.54, 1.807) is 13.8 Å². The van der Waals surface area contributed by atoms with E-state index in [0.717, 1.165) is 6.26 Å². The van der Waals surface area contributed by atoms with Crippen LogP contribution in [0.2, 0.25) is 5.28 Å². The fraction of sp³-hybridized carbons (Fsp3) is 0.375. The molecule has 2 heterocycles. The van der Waals surface area contributed by atoms with Gasteiger partial charge in [-0.1, -0.05) is 0 Å². The van der Waals surface area contributed by atoms with Crippen molar-refractivity contribution in [2.45, 2.75) is 18.7 Å². The van der Waals surface area contributed by atoms with E-state index in [1.807, 2.05) is 0 Å². The van der Waals surface area contributed by atoms with Gasteiger partial charge < -0.3 is 0 Å². The lowest BCUT2D eigenvalue weighted by Gasteiger charge is -1.98. The monoisotopic (exact) mass is 260 g/mol. The highest BCUT2D eigenvalue weighted by Crippen LogP contribution is 2.21. The Kier molecular flexibility index (Phi) is 2.39. The lowest BCUT2D eigenvalue weighted by molar-refractivity contribution is 0.602. The van der Waals surface area contributed by atoms with Crippen LogP contribution in [0.4, 0.5) is 0 Å². The molecule has 2 aromatic rings. The second-order valence-electron chi connectivity index (χ2n) is 3.46. The molecule has 0 saturated heterocycles. The van der Waals surface area contributed by atoms with E-state index in [9.17, 15) is 8.42 Å². The van der Waals surface area contributed by atoms with E-state index < -0.39 is 9.84 Å². The third kappa shape index (κ3) is 1.65. The minimum absolute atomic E-state index is 0.0971. The van der Waals surface area contributed by atoms with Gasteiger partial charge in [0, 0.05) is 6.26 Å². The maximum absolute atomic E-state index is 11.6. The molecule has 0 spiro atoms. The van der Waals surface area contributed by atoms with E-state index in [4.69, 9.17) is 11.6 Å². The van der Waals surface area contributed by atoms with Crippen molar-refractivity contribution in [3.05, 3.63) is 16.8 Å². The molecule has 0 bridgehead atoms. The summed E-state index contributed by atoms with van der Waals surface area (Å²) in [6, 6.07) is 0. The topological polar surface area (TPSA) is 77.2 Å². The number of hydrogen-bond acceptors (Lipinski definition) is 5. The van der Waals surface area contributed by atoms with Gasteiger partial charge in [0.2, 0.25) is 5.28 Å². The molecule has 0 radical (unpaired) electrons. The number of hydrogen-bond donors (Lipinski definition) is 0. The van der Waals surface area contributed by atoms with E-state index in [0.29, 0.717) is 11.5 Å². The maximum atomic E-state index is 11.6. The van der Waals surface area contributed by atoms with Gasteiger partial charge >= 0.3 is 0 Å². The molecule has 0 aliphatic rings. The Morgan fingerprint density at radius 2 is 1.88 bits per heavy atom. The molecule has 8 heteroatoms. The summed E-state index contributed by atoms with van der Waals surface area (Å²) in [4.78, 5) is 8.04. The summed E-state index contributed by atoms with van der Waals surface area (Å²) >= 11 is 5.85. The van der Waals surface area contributed by atoms with Gasteiger partial charge in [0.1, 0.15) is 10.7 Å². The number of rotatable bonds is 1. The fourth-order valence-electron chi connectivity index (χ4n) is 1.52. The normalized spacial score (nSPS) is 12.2. The van der Waals surface area contributed by atoms with Gasteiger partial charge in [0.25, 0.3) is 0 Å². The Balaban J connectivity index is 3.01. The summed E-state index contributed by atoms with van der Waals surface area (Å²) in [6.45, 7) is 3.23. The minimum Gasteiger partial charge on any atom is -0.224 e. The number of nitrogens with zero attached hydrogens (tertiary/aromatic N) is 4. The van der Waals surface area contributed by atoms with E-state index in [1.165, 1.54) is 4.52 Å². The van der Waals surface area contributed by atoms with Crippen molar-refractivity contribution in [3.63, 3.8) is 0 Å². The molecule has 0 saturated carbocycles. The highest BCUT2D eigenvalue weighted by atomic mass is 35.5. The van der Waals surface area contributed by atoms with Gasteiger partial charge in [0.05, 0.1) is 5.69 Å². The second kappa shape index (κ2) is 3.39. The highest BCUT2D eigenvalue weighted by molar-refractivity contribution is 7.91. The Labute approximate surface area is 97.2 Å². The van der Waals surface area contributed by atoms with E-state index in [2.05, 4.69) is 15.1 Å². The smallest absolute Gasteiger partial charge is 0.224 e. The molecule has 0 N–H and O–H groups in total. The number of sulfone groups is 1. The molecular formula is C8H9ClN4O2S. The molecule has 2 rings (SSSR count). The number of halogens is 1. The standard InChI is InChI=1S/C8H9ClN4O2S/c1-4-6(16(3,14)15)7-10-5(2)11-8(9)13(7)12-4/h1-3H3. The first-order valence-electron chi connectivity index (χ1n) is 4.40. The SMILES string of the molecule is Cc1nc(Cl)n2nc(C)c(S(C)(=O)=O)c2n1. The molecule has 0 aliphatic carbocycles. The van der Waals surface area contributed by atoms with Crippen molar-refractivity contribution in [3.8, 4) is 0 Å². The molecule has 6 nitrogen and oxygen atoms in total. The van der Waals surface area contributed by atoms with Crippen LogP contribution in [0.15, 0.2) is 4.90 Å². The van der Waals surface area contributed by atoms with Gasteiger partial charge in [-0.05, 0) is 25.4 Å². The Morgan fingerprint density at radius 1 is 1.25 bits per heavy atom. The van der Waals surface area contributed by atoms with Crippen LogP contribution in [-0.2, 0) is 9.84 Å². The van der Waals surface area contributed by atoms with Crippen LogP contribution in [0.1, 0.15) is 11.5 Å². The molecule has 86 valence electrons. The van der Waals surface area contributed by atoms with Crippen molar-refractivity contribution in [2.24, 2.45) is 0 Å². The Hall–Kier alpha value is -1.21. The molecule has 0 fully saturated rings. The largest absolute Gasteiger partial charge is 0.227 e. The van der Waals surface area contributed by atoms with Crippen LogP contribution in [-0.4, -0.2) is 34.3 Å². The minimum atomic E-state index is -3.38. The van der Waals surface area contributed by atoms with Gasteiger partial charge in [-0.3, -0.25) is 0 Å². The molecular weight excluding hydrogens is 252 g/mol. The van der Waals surface area contributed by atoms with Crippen molar-refractivity contribution in [1.29, 1.82) is 0 Å². The van der Waals surface area contributed by atoms with Crippen molar-refractivity contribution in [1.82, 2.24) is 19.6 Å². The summed E-state index contributed by atoms with van der Waals surface area (Å²) in [5, 5.41) is 4.10. The first kappa shape index (κ1) is 11.3. The lowest BCUT2D eigenvalue weighted by Crippen LogP contribution is -2.02. The molecule has 0 aromatic carbocycles. The number of aryl methyl sites for hydroxylation is 2. The van der Waals surface area contributed by atoms with Crippen LogP contribution < -0.4 is 0 Å². The average molecular weight is 261 g/mol. The van der Waals surface area contributed by atoms with E-state index >= 15 is 0 Å². The van der Waals surface area contributed by atoms with Crippen LogP contribution in [0.5, 0.6) is 0 Å². The zero-order chi connectivity index (χ0) is 12.1. The highest BCUT2D eigenvalue weighted by Gasteiger charge is 2.22. The molecule has 16 heavy (non-hydrogen) atoms. The fourth-order valence-corrected chi connectivity index (χ4v) is 2.80. The van der Waals surface area contributed by atoms with Crippen molar-refractivity contribution >= 4 is 27.1 Å². The molecule has 0 aliphatic heterocycles. The van der Waals surface area contributed by atoms with Crippen LogP contribution in [0, 0.1) is 13.8 Å². The summed E-state index contributed by atoms with van der Waals surface area (Å²) in [5.41, 5.74) is 0.585. The summed E-state index contributed by atoms with van der Waals surface area (Å²) < 4.78 is 24.4. The molecule has 2 aromatic heterocycles. The quantitative estimate of drug-likeness (QED) is 0.758. The lowest BCUT2D eigenvalue weighted by atomic mass is 10.5. The maximum Gasteiger partial charge on any atom is 0.227 e. The second-order valence-corrected chi connectivity index (χ2v) is 5.75. The molecule has 0 atom stereocenters. The average Bonchev–Trinajstić information content (AvgIpc) is 2.40. The third-order valence-corrected chi connectivity index (χ3v) is 3.51. The zero-order valence-electron chi connectivity index (χ0n) is 8.89. The predicted octanol–water partition coefficient (Wildman–Crippen LogP) is 0.798. The van der Waals surface area contributed by atoms with Crippen molar-refractivity contribution < 1.29 is 8.42 Å². The van der Waals surface area contributed by atoms with Gasteiger partial charge in [-0.15, -0.1) is 0 Å². The zero-order valence-corrected chi connectivity index (χ0v) is 10.5. The predicted molar refractivity (Wildman–Crippen MR) is 58.4 cm³/mol. The van der Waals surface area contributed by atoms with Gasteiger partial charge in [-0.25, -0.2) is 18.4 Å². The summed E-state index contributed by atoms with van der Waals surface area (Å²) in [6.07, 6.45) is 1.11. The number of aromatic nitrogens is 4. The Bertz CT molecular complexity index is 677. The van der Waals surface area contributed by atoms with Gasteiger partial charge in [0.15, 0.2) is 15.5 Å². The van der Waals surface area contributed by atoms with Crippen LogP contribution >= 0.6 is 11.6 Å². The number of fused-ring (bicyclic) bond motifs is 1. The van der Waals surface area contributed by atoms with Crippen LogP contribution in [0.3, 0.4) is 0 Å². The van der Waals surface area contributed by atoms with Gasteiger partial charge in [-0.2, -0.15) is 9.61 Å². The van der Waals surface area contributed by atoms with E-state index in [-0.39, 0.29) is 15.8 Å². The molecule has 0 unspecified atom stereocenters. The summed E-state index contributed by atoms with van der Waals surface area (Å²) in [5.74, 6) is 0.405. The molecule has 0 amide bonds. The first-order chi connectivity index (χ1) is 7.30. The van der Waals surface area contributed by atoms with Crippen molar-refractivity contribution in [2.75, 3.05) is 6.26 Å².